The lowest BCUT2D eigenvalue weighted by atomic mass is 10.1. The highest BCUT2D eigenvalue weighted by Gasteiger charge is 1.97. The van der Waals surface area contributed by atoms with Gasteiger partial charge in [-0.15, -0.1) is 0 Å². The molecule has 0 radical (unpaired) electrons. The monoisotopic (exact) mass is 192 g/mol. The number of benzene rings is 1. The summed E-state index contributed by atoms with van der Waals surface area (Å²) >= 11 is 0. The molecule has 0 saturated heterocycles. The lowest BCUT2D eigenvalue weighted by Gasteiger charge is -2.06. The molecule has 0 aromatic heterocycles. The second-order valence-corrected chi connectivity index (χ2v) is 3.08. The molecule has 1 rings (SSSR count). The number of rotatable bonds is 4. The van der Waals surface area contributed by atoms with E-state index in [1.165, 1.54) is 5.56 Å². The van der Waals surface area contributed by atoms with Gasteiger partial charge in [0, 0.05) is 12.7 Å². The molecule has 1 aromatic carbocycles. The zero-order chi connectivity index (χ0) is 10.4. The van der Waals surface area contributed by atoms with Crippen molar-refractivity contribution in [3.8, 4) is 0 Å². The van der Waals surface area contributed by atoms with Crippen LogP contribution in [-0.2, 0) is 11.2 Å². The fraction of sp³-hybridized carbons (Fsp3) is 0.364. The van der Waals surface area contributed by atoms with Crippen LogP contribution in [0.25, 0.3) is 0 Å². The van der Waals surface area contributed by atoms with Crippen LogP contribution in [0.2, 0.25) is 0 Å². The quantitative estimate of drug-likeness (QED) is 0.757. The van der Waals surface area contributed by atoms with Crippen LogP contribution in [0.15, 0.2) is 24.3 Å². The molecule has 0 spiro atoms. The minimum absolute atomic E-state index is 0.00750. The van der Waals surface area contributed by atoms with Gasteiger partial charge >= 0.3 is 0 Å². The molecule has 3 heteroatoms. The summed E-state index contributed by atoms with van der Waals surface area (Å²) in [6.07, 6.45) is 1.01. The molecule has 0 aliphatic heterocycles. The van der Waals surface area contributed by atoms with Crippen LogP contribution in [0, 0.1) is 0 Å². The molecule has 0 bridgehead atoms. The summed E-state index contributed by atoms with van der Waals surface area (Å²) in [5, 5.41) is 5.62. The molecule has 0 aliphatic rings. The molecule has 2 N–H and O–H groups in total. The lowest BCUT2D eigenvalue weighted by Crippen LogP contribution is -2.26. The second kappa shape index (κ2) is 5.27. The van der Waals surface area contributed by atoms with Crippen LogP contribution in [0.5, 0.6) is 0 Å². The smallest absolute Gasteiger partial charge is 0.239 e. The van der Waals surface area contributed by atoms with E-state index in [1.807, 2.05) is 12.1 Å². The number of aryl methyl sites for hydroxylation is 1. The first kappa shape index (κ1) is 10.6. The third-order valence-electron chi connectivity index (χ3n) is 2.07. The second-order valence-electron chi connectivity index (χ2n) is 3.08. The number of carbonyl (C=O) groups is 1. The van der Waals surface area contributed by atoms with Gasteiger partial charge in [-0.1, -0.05) is 19.1 Å². The van der Waals surface area contributed by atoms with Crippen molar-refractivity contribution in [2.45, 2.75) is 13.3 Å². The molecule has 0 fully saturated rings. The first-order chi connectivity index (χ1) is 6.76. The van der Waals surface area contributed by atoms with Crippen LogP contribution >= 0.6 is 0 Å². The van der Waals surface area contributed by atoms with Gasteiger partial charge in [-0.2, -0.15) is 0 Å². The van der Waals surface area contributed by atoms with E-state index in [0.29, 0.717) is 6.54 Å². The predicted molar refractivity (Wildman–Crippen MR) is 58.4 cm³/mol. The van der Waals surface area contributed by atoms with Crippen molar-refractivity contribution in [1.82, 2.24) is 5.32 Å². The van der Waals surface area contributed by atoms with Crippen LogP contribution in [-0.4, -0.2) is 19.5 Å². The predicted octanol–water partition coefficient (Wildman–Crippen LogP) is 1.41. The largest absolute Gasteiger partial charge is 0.376 e. The standard InChI is InChI=1S/C11H16N2O/c1-3-9-5-4-6-10(7-9)13-8-11(14)12-2/h4-7,13H,3,8H2,1-2H3,(H,12,14). The van der Waals surface area contributed by atoms with E-state index < -0.39 is 0 Å². The van der Waals surface area contributed by atoms with Crippen molar-refractivity contribution in [3.63, 3.8) is 0 Å². The van der Waals surface area contributed by atoms with Gasteiger partial charge in [-0.3, -0.25) is 4.79 Å². The zero-order valence-corrected chi connectivity index (χ0v) is 8.63. The van der Waals surface area contributed by atoms with Gasteiger partial charge in [0.25, 0.3) is 0 Å². The molecule has 0 unspecified atom stereocenters. The number of hydrogen-bond donors (Lipinski definition) is 2. The maximum atomic E-state index is 11.0. The van der Waals surface area contributed by atoms with Crippen molar-refractivity contribution in [2.75, 3.05) is 18.9 Å². The summed E-state index contributed by atoms with van der Waals surface area (Å²) in [6.45, 7) is 2.43. The Kier molecular flexibility index (Phi) is 3.98. The van der Waals surface area contributed by atoms with Crippen LogP contribution < -0.4 is 10.6 Å². The Morgan fingerprint density at radius 1 is 1.43 bits per heavy atom. The fourth-order valence-corrected chi connectivity index (χ4v) is 1.17. The maximum absolute atomic E-state index is 11.0. The molecule has 3 nitrogen and oxygen atoms in total. The molecule has 0 heterocycles. The summed E-state index contributed by atoms with van der Waals surface area (Å²) < 4.78 is 0. The lowest BCUT2D eigenvalue weighted by molar-refractivity contribution is -0.118. The Labute approximate surface area is 84.5 Å². The Morgan fingerprint density at radius 2 is 2.21 bits per heavy atom. The van der Waals surface area contributed by atoms with Crippen LogP contribution in [0.1, 0.15) is 12.5 Å². The van der Waals surface area contributed by atoms with E-state index in [9.17, 15) is 4.79 Å². The molecule has 0 atom stereocenters. The third kappa shape index (κ3) is 3.09. The summed E-state index contributed by atoms with van der Waals surface area (Å²) in [7, 11) is 1.63. The first-order valence-electron chi connectivity index (χ1n) is 4.79. The molecule has 76 valence electrons. The van der Waals surface area contributed by atoms with Crippen LogP contribution in [0.3, 0.4) is 0 Å². The van der Waals surface area contributed by atoms with E-state index in [-0.39, 0.29) is 5.91 Å². The SMILES string of the molecule is CCc1cccc(NCC(=O)NC)c1. The van der Waals surface area contributed by atoms with Gasteiger partial charge in [-0.25, -0.2) is 0 Å². The summed E-state index contributed by atoms with van der Waals surface area (Å²) in [4.78, 5) is 11.0. The van der Waals surface area contributed by atoms with Gasteiger partial charge in [-0.05, 0) is 24.1 Å². The molecule has 14 heavy (non-hydrogen) atoms. The Balaban J connectivity index is 2.54. The summed E-state index contributed by atoms with van der Waals surface area (Å²) in [5.74, 6) is -0.00750. The van der Waals surface area contributed by atoms with Crippen molar-refractivity contribution < 1.29 is 4.79 Å². The number of likely N-dealkylation sites (N-methyl/N-ethyl adjacent to an activating group) is 1. The molecular formula is C11H16N2O. The number of amides is 1. The minimum Gasteiger partial charge on any atom is -0.376 e. The van der Waals surface area contributed by atoms with Crippen molar-refractivity contribution in [2.24, 2.45) is 0 Å². The van der Waals surface area contributed by atoms with Crippen molar-refractivity contribution in [1.29, 1.82) is 0 Å². The van der Waals surface area contributed by atoms with Crippen molar-refractivity contribution in [3.05, 3.63) is 29.8 Å². The number of anilines is 1. The number of hydrogen-bond acceptors (Lipinski definition) is 2. The molecule has 0 saturated carbocycles. The van der Waals surface area contributed by atoms with E-state index >= 15 is 0 Å². The normalized spacial score (nSPS) is 9.57. The third-order valence-corrected chi connectivity index (χ3v) is 2.07. The van der Waals surface area contributed by atoms with E-state index in [2.05, 4.69) is 29.7 Å². The average molecular weight is 192 g/mol. The average Bonchev–Trinajstić information content (AvgIpc) is 2.26. The molecule has 1 amide bonds. The Hall–Kier alpha value is -1.51. The highest BCUT2D eigenvalue weighted by Crippen LogP contribution is 2.10. The first-order valence-corrected chi connectivity index (χ1v) is 4.79. The molecule has 0 aliphatic carbocycles. The molecular weight excluding hydrogens is 176 g/mol. The number of nitrogens with one attached hydrogen (secondary N) is 2. The summed E-state index contributed by atoms with van der Waals surface area (Å²) in [5.41, 5.74) is 2.26. The highest BCUT2D eigenvalue weighted by atomic mass is 16.1. The fourth-order valence-electron chi connectivity index (χ4n) is 1.17. The van der Waals surface area contributed by atoms with Gasteiger partial charge < -0.3 is 10.6 Å². The molecule has 1 aromatic rings. The van der Waals surface area contributed by atoms with E-state index in [0.717, 1.165) is 12.1 Å². The minimum atomic E-state index is -0.00750. The van der Waals surface area contributed by atoms with E-state index in [1.54, 1.807) is 7.05 Å². The maximum Gasteiger partial charge on any atom is 0.239 e. The zero-order valence-electron chi connectivity index (χ0n) is 8.63. The van der Waals surface area contributed by atoms with Gasteiger partial charge in [0.05, 0.1) is 6.54 Å². The van der Waals surface area contributed by atoms with Gasteiger partial charge in [0.1, 0.15) is 0 Å². The summed E-state index contributed by atoms with van der Waals surface area (Å²) in [6, 6.07) is 8.08. The van der Waals surface area contributed by atoms with Gasteiger partial charge in [0.15, 0.2) is 0 Å². The van der Waals surface area contributed by atoms with Crippen molar-refractivity contribution >= 4 is 11.6 Å². The topological polar surface area (TPSA) is 41.1 Å². The van der Waals surface area contributed by atoms with Crippen LogP contribution in [0.4, 0.5) is 5.69 Å². The van der Waals surface area contributed by atoms with Gasteiger partial charge in [0.2, 0.25) is 5.91 Å². The van der Waals surface area contributed by atoms with E-state index in [4.69, 9.17) is 0 Å². The Morgan fingerprint density at radius 3 is 2.86 bits per heavy atom. The Bertz CT molecular complexity index is 310. The highest BCUT2D eigenvalue weighted by molar-refractivity contribution is 5.80. The number of carbonyl (C=O) groups excluding carboxylic acids is 1.